The number of aromatic amines is 2. The number of amides is 6. The van der Waals surface area contributed by atoms with Crippen LogP contribution < -0.4 is 31.9 Å². The standard InChI is InChI=1S/C36H41N9O10/c46-17-29(36(55)42-26(32(51)39-16-31(49)50)11-19-5-7-22(47)8-6-19)45-34(53)27(12-20-14-38-24-4-2-1-3-23(20)24)43-35(54)28(13-21-15-37-18-40-21)44-33(52)25-9-10-30(48)41-25/h1-8,14-15,18,25-29,38,46-47H,9-13,16-17H2,(H,37,40)(H,39,51)(H,41,48)(H,42,55)(H,43,54)(H,44,52)(H,45,53)(H,49,50)/t25-,26-,27-,28-,29+/m0/s1. The Morgan fingerprint density at radius 1 is 0.800 bits per heavy atom. The second-order valence-corrected chi connectivity index (χ2v) is 12.9. The minimum Gasteiger partial charge on any atom is -0.508 e. The zero-order valence-corrected chi connectivity index (χ0v) is 29.3. The van der Waals surface area contributed by atoms with Crippen molar-refractivity contribution in [3.05, 3.63) is 84.1 Å². The lowest BCUT2D eigenvalue weighted by Crippen LogP contribution is -2.60. The van der Waals surface area contributed by atoms with Crippen LogP contribution in [0.5, 0.6) is 5.75 Å². The number of hydrogen-bond donors (Lipinski definition) is 11. The third-order valence-corrected chi connectivity index (χ3v) is 8.89. The van der Waals surface area contributed by atoms with Crippen LogP contribution in [0, 0.1) is 0 Å². The first kappa shape index (κ1) is 39.4. The van der Waals surface area contributed by atoms with Gasteiger partial charge >= 0.3 is 5.97 Å². The van der Waals surface area contributed by atoms with E-state index in [0.717, 1.165) is 10.9 Å². The summed E-state index contributed by atoms with van der Waals surface area (Å²) in [5.74, 6) is -5.81. The third-order valence-electron chi connectivity index (χ3n) is 8.89. The zero-order valence-electron chi connectivity index (χ0n) is 29.3. The number of hydrogen-bond acceptors (Lipinski definition) is 10. The van der Waals surface area contributed by atoms with Gasteiger partial charge in [0.2, 0.25) is 35.4 Å². The second-order valence-electron chi connectivity index (χ2n) is 12.9. The zero-order chi connectivity index (χ0) is 39.5. The molecule has 1 fully saturated rings. The fourth-order valence-electron chi connectivity index (χ4n) is 6.01. The Hall–Kier alpha value is -6.76. The number of H-pyrrole nitrogens is 2. The first-order valence-corrected chi connectivity index (χ1v) is 17.3. The number of carbonyl (C=O) groups is 7. The van der Waals surface area contributed by atoms with Gasteiger partial charge in [0, 0.05) is 54.7 Å². The van der Waals surface area contributed by atoms with Crippen LogP contribution in [-0.2, 0) is 52.8 Å². The summed E-state index contributed by atoms with van der Waals surface area (Å²) in [6.45, 7) is -1.67. The van der Waals surface area contributed by atoms with E-state index in [1.165, 1.54) is 36.8 Å². The number of aliphatic carboxylic acids is 1. The number of para-hydroxylation sites is 1. The fourth-order valence-corrected chi connectivity index (χ4v) is 6.01. The summed E-state index contributed by atoms with van der Waals surface area (Å²) in [5, 5.41) is 44.6. The van der Waals surface area contributed by atoms with Crippen molar-refractivity contribution in [1.29, 1.82) is 0 Å². The van der Waals surface area contributed by atoms with Crippen LogP contribution in [-0.4, -0.2) is 115 Å². The highest BCUT2D eigenvalue weighted by Crippen LogP contribution is 2.20. The molecule has 3 heterocycles. The van der Waals surface area contributed by atoms with E-state index in [-0.39, 0.29) is 43.8 Å². The summed E-state index contributed by atoms with van der Waals surface area (Å²) >= 11 is 0. The number of nitrogens with zero attached hydrogens (tertiary/aromatic N) is 1. The van der Waals surface area contributed by atoms with E-state index in [1.807, 2.05) is 18.2 Å². The number of carbonyl (C=O) groups excluding carboxylic acids is 6. The van der Waals surface area contributed by atoms with Gasteiger partial charge in [-0.3, -0.25) is 33.6 Å². The Morgan fingerprint density at radius 3 is 2.09 bits per heavy atom. The van der Waals surface area contributed by atoms with E-state index >= 15 is 0 Å². The number of aliphatic hydroxyl groups is 1. The molecule has 0 radical (unpaired) electrons. The molecule has 0 saturated carbocycles. The molecule has 5 rings (SSSR count). The Kier molecular flexibility index (Phi) is 13.1. The lowest BCUT2D eigenvalue weighted by molar-refractivity contribution is -0.138. The van der Waals surface area contributed by atoms with Crippen molar-refractivity contribution in [3.8, 4) is 5.75 Å². The largest absolute Gasteiger partial charge is 0.508 e. The van der Waals surface area contributed by atoms with Crippen molar-refractivity contribution in [2.24, 2.45) is 0 Å². The molecular weight excluding hydrogens is 718 g/mol. The molecule has 6 amide bonds. The molecule has 1 saturated heterocycles. The van der Waals surface area contributed by atoms with Crippen molar-refractivity contribution in [2.45, 2.75) is 62.3 Å². The molecule has 5 atom stereocenters. The molecule has 4 aromatic rings. The second kappa shape index (κ2) is 18.3. The number of aromatic nitrogens is 3. The van der Waals surface area contributed by atoms with Crippen LogP contribution in [0.25, 0.3) is 10.9 Å². The van der Waals surface area contributed by atoms with Crippen LogP contribution in [0.2, 0.25) is 0 Å². The van der Waals surface area contributed by atoms with Crippen molar-refractivity contribution < 1.29 is 48.9 Å². The first-order valence-electron chi connectivity index (χ1n) is 17.3. The van der Waals surface area contributed by atoms with Gasteiger partial charge in [-0.05, 0) is 35.7 Å². The fraction of sp³-hybridized carbons (Fsp3) is 0.333. The number of benzene rings is 2. The van der Waals surface area contributed by atoms with Gasteiger partial charge in [-0.25, -0.2) is 4.98 Å². The topological polar surface area (TPSA) is 297 Å². The van der Waals surface area contributed by atoms with Gasteiger partial charge in [-0.1, -0.05) is 30.3 Å². The van der Waals surface area contributed by atoms with Crippen LogP contribution >= 0.6 is 0 Å². The summed E-state index contributed by atoms with van der Waals surface area (Å²) in [5.41, 5.74) is 2.35. The molecule has 0 bridgehead atoms. The summed E-state index contributed by atoms with van der Waals surface area (Å²) < 4.78 is 0. The van der Waals surface area contributed by atoms with Crippen molar-refractivity contribution >= 4 is 52.3 Å². The van der Waals surface area contributed by atoms with Gasteiger partial charge in [-0.15, -0.1) is 0 Å². The summed E-state index contributed by atoms with van der Waals surface area (Å²) in [4.78, 5) is 100. The van der Waals surface area contributed by atoms with E-state index in [2.05, 4.69) is 46.9 Å². The quantitative estimate of drug-likeness (QED) is 0.0529. The molecule has 0 unspecified atom stereocenters. The SMILES string of the molecule is O=C(O)CNC(=O)[C@H](Cc1ccc(O)cc1)NC(=O)[C@@H](CO)NC(=O)[C@H](Cc1c[nH]c2ccccc12)NC(=O)[C@H](Cc1cnc[nH]1)NC(=O)[C@@H]1CCC(=O)N1. The van der Waals surface area contributed by atoms with E-state index < -0.39 is 78.9 Å². The number of aliphatic hydroxyl groups excluding tert-OH is 1. The van der Waals surface area contributed by atoms with Crippen LogP contribution in [0.1, 0.15) is 29.7 Å². The lowest BCUT2D eigenvalue weighted by atomic mass is 10.0. The van der Waals surface area contributed by atoms with E-state index in [1.54, 1.807) is 12.3 Å². The Morgan fingerprint density at radius 2 is 1.45 bits per heavy atom. The Balaban J connectivity index is 1.36. The monoisotopic (exact) mass is 759 g/mol. The van der Waals surface area contributed by atoms with Crippen LogP contribution in [0.3, 0.4) is 0 Å². The molecule has 0 spiro atoms. The number of fused-ring (bicyclic) bond motifs is 1. The number of aromatic hydroxyl groups is 1. The average molecular weight is 760 g/mol. The number of imidazole rings is 1. The molecule has 1 aliphatic rings. The molecular formula is C36H41N9O10. The normalized spacial score (nSPS) is 15.9. The maximum absolute atomic E-state index is 14.0. The maximum atomic E-state index is 14.0. The minimum atomic E-state index is -1.64. The summed E-state index contributed by atoms with van der Waals surface area (Å²) in [6.07, 6.45) is 4.58. The predicted octanol–water partition coefficient (Wildman–Crippen LogP) is -1.96. The molecule has 19 nitrogen and oxygen atoms in total. The molecule has 11 N–H and O–H groups in total. The lowest BCUT2D eigenvalue weighted by Gasteiger charge is -2.26. The Labute approximate surface area is 313 Å². The van der Waals surface area contributed by atoms with Gasteiger partial charge in [0.15, 0.2) is 0 Å². The highest BCUT2D eigenvalue weighted by Gasteiger charge is 2.34. The third kappa shape index (κ3) is 10.9. The number of carboxylic acid groups (broad SMARTS) is 1. The molecule has 290 valence electrons. The summed E-state index contributed by atoms with van der Waals surface area (Å²) in [7, 11) is 0. The molecule has 0 aliphatic carbocycles. The van der Waals surface area contributed by atoms with Gasteiger partial charge in [-0.2, -0.15) is 0 Å². The number of rotatable bonds is 18. The number of phenols is 1. The van der Waals surface area contributed by atoms with Crippen LogP contribution in [0.4, 0.5) is 0 Å². The van der Waals surface area contributed by atoms with Gasteiger partial charge in [0.1, 0.15) is 42.5 Å². The van der Waals surface area contributed by atoms with Crippen LogP contribution in [0.15, 0.2) is 67.3 Å². The van der Waals surface area contributed by atoms with E-state index in [0.29, 0.717) is 16.8 Å². The molecule has 1 aliphatic heterocycles. The molecule has 19 heteroatoms. The number of phenolic OH excluding ortho intramolecular Hbond substituents is 1. The molecule has 2 aromatic carbocycles. The highest BCUT2D eigenvalue weighted by molar-refractivity contribution is 5.98. The summed E-state index contributed by atoms with van der Waals surface area (Å²) in [6, 6.07) is 6.45. The van der Waals surface area contributed by atoms with Crippen molar-refractivity contribution in [3.63, 3.8) is 0 Å². The molecule has 2 aromatic heterocycles. The first-order chi connectivity index (χ1) is 26.4. The van der Waals surface area contributed by atoms with Gasteiger partial charge in [0.05, 0.1) is 12.9 Å². The van der Waals surface area contributed by atoms with E-state index in [9.17, 15) is 43.8 Å². The minimum absolute atomic E-state index is 0.0469. The predicted molar refractivity (Wildman–Crippen MR) is 193 cm³/mol. The Bertz CT molecular complexity index is 2020. The maximum Gasteiger partial charge on any atom is 0.322 e. The molecule has 55 heavy (non-hydrogen) atoms. The van der Waals surface area contributed by atoms with E-state index in [4.69, 9.17) is 5.11 Å². The van der Waals surface area contributed by atoms with Crippen molar-refractivity contribution in [1.82, 2.24) is 46.9 Å². The van der Waals surface area contributed by atoms with Crippen molar-refractivity contribution in [2.75, 3.05) is 13.2 Å². The number of carboxylic acids is 1. The van der Waals surface area contributed by atoms with Gasteiger partial charge < -0.3 is 57.2 Å². The number of nitrogens with one attached hydrogen (secondary N) is 8. The highest BCUT2D eigenvalue weighted by atomic mass is 16.4. The average Bonchev–Trinajstić information content (AvgIpc) is 3.94. The smallest absolute Gasteiger partial charge is 0.322 e. The van der Waals surface area contributed by atoms with Gasteiger partial charge in [0.25, 0.3) is 0 Å².